The smallest absolute Gasteiger partial charge is 0.0537 e. The van der Waals surface area contributed by atoms with E-state index in [1.807, 2.05) is 17.9 Å². The van der Waals surface area contributed by atoms with Gasteiger partial charge in [-0.2, -0.15) is 5.10 Å². The van der Waals surface area contributed by atoms with E-state index in [2.05, 4.69) is 30.5 Å². The largest absolute Gasteiger partial charge is 0.310 e. The molecule has 1 aliphatic carbocycles. The molecular weight excluding hydrogens is 198 g/mol. The summed E-state index contributed by atoms with van der Waals surface area (Å²) in [7, 11) is 1.97. The van der Waals surface area contributed by atoms with Crippen LogP contribution in [-0.4, -0.2) is 16.3 Å². The molecule has 0 radical (unpaired) electrons. The minimum Gasteiger partial charge on any atom is -0.310 e. The Morgan fingerprint density at radius 2 is 2.31 bits per heavy atom. The van der Waals surface area contributed by atoms with Gasteiger partial charge in [-0.05, 0) is 31.6 Å². The lowest BCUT2D eigenvalue weighted by molar-refractivity contribution is 0.397. The van der Waals surface area contributed by atoms with Crippen LogP contribution >= 0.6 is 0 Å². The fourth-order valence-corrected chi connectivity index (χ4v) is 2.37. The van der Waals surface area contributed by atoms with Gasteiger partial charge < -0.3 is 5.32 Å². The Kier molecular flexibility index (Phi) is 3.33. The van der Waals surface area contributed by atoms with Gasteiger partial charge in [-0.1, -0.05) is 13.3 Å². The van der Waals surface area contributed by atoms with E-state index in [0.717, 1.165) is 6.54 Å². The second-order valence-electron chi connectivity index (χ2n) is 5.30. The van der Waals surface area contributed by atoms with E-state index in [-0.39, 0.29) is 0 Å². The quantitative estimate of drug-likeness (QED) is 0.800. The molecule has 0 bridgehead atoms. The second kappa shape index (κ2) is 4.58. The molecule has 2 rings (SSSR count). The number of hydrogen-bond acceptors (Lipinski definition) is 2. The van der Waals surface area contributed by atoms with Crippen LogP contribution < -0.4 is 5.32 Å². The fourth-order valence-electron chi connectivity index (χ4n) is 2.37. The highest BCUT2D eigenvalue weighted by molar-refractivity contribution is 5.09. The first-order valence-corrected chi connectivity index (χ1v) is 6.37. The SMILES string of the molecule is CCCC1(CNC(C)c2cnn(C)c2)CC1. The summed E-state index contributed by atoms with van der Waals surface area (Å²) in [6.07, 6.45) is 9.55. The molecule has 3 heteroatoms. The van der Waals surface area contributed by atoms with Crippen molar-refractivity contribution in [3.63, 3.8) is 0 Å². The van der Waals surface area contributed by atoms with Crippen molar-refractivity contribution >= 4 is 0 Å². The van der Waals surface area contributed by atoms with Gasteiger partial charge in [0.25, 0.3) is 0 Å². The van der Waals surface area contributed by atoms with Gasteiger partial charge in [-0.15, -0.1) is 0 Å². The maximum atomic E-state index is 4.21. The zero-order valence-corrected chi connectivity index (χ0v) is 10.7. The van der Waals surface area contributed by atoms with Gasteiger partial charge in [-0.25, -0.2) is 0 Å². The average Bonchev–Trinajstić information content (AvgIpc) is 2.89. The Morgan fingerprint density at radius 1 is 1.56 bits per heavy atom. The zero-order valence-electron chi connectivity index (χ0n) is 10.7. The fraction of sp³-hybridized carbons (Fsp3) is 0.769. The summed E-state index contributed by atoms with van der Waals surface area (Å²) < 4.78 is 1.87. The number of aromatic nitrogens is 2. The minimum absolute atomic E-state index is 0.419. The molecule has 0 amide bonds. The number of nitrogens with one attached hydrogen (secondary N) is 1. The summed E-state index contributed by atoms with van der Waals surface area (Å²) in [5.74, 6) is 0. The van der Waals surface area contributed by atoms with Gasteiger partial charge in [0.2, 0.25) is 0 Å². The van der Waals surface area contributed by atoms with Crippen molar-refractivity contribution in [3.05, 3.63) is 18.0 Å². The zero-order chi connectivity index (χ0) is 11.6. The third-order valence-corrected chi connectivity index (χ3v) is 3.75. The average molecular weight is 221 g/mol. The third kappa shape index (κ3) is 2.64. The first-order chi connectivity index (χ1) is 7.65. The number of aryl methyl sites for hydroxylation is 1. The number of hydrogen-bond donors (Lipinski definition) is 1. The number of rotatable bonds is 6. The van der Waals surface area contributed by atoms with Crippen LogP contribution in [0.3, 0.4) is 0 Å². The lowest BCUT2D eigenvalue weighted by Crippen LogP contribution is -2.26. The molecule has 1 aromatic heterocycles. The van der Waals surface area contributed by atoms with Crippen LogP contribution in [0, 0.1) is 5.41 Å². The molecule has 3 nitrogen and oxygen atoms in total. The van der Waals surface area contributed by atoms with Crippen molar-refractivity contribution in [2.24, 2.45) is 12.5 Å². The maximum absolute atomic E-state index is 4.21. The van der Waals surface area contributed by atoms with Gasteiger partial charge in [0.05, 0.1) is 6.20 Å². The van der Waals surface area contributed by atoms with E-state index in [9.17, 15) is 0 Å². The minimum atomic E-state index is 0.419. The summed E-state index contributed by atoms with van der Waals surface area (Å²) in [5, 5.41) is 7.86. The lowest BCUT2D eigenvalue weighted by Gasteiger charge is -2.18. The molecular formula is C13H23N3. The molecule has 1 fully saturated rings. The van der Waals surface area contributed by atoms with E-state index < -0.39 is 0 Å². The molecule has 16 heavy (non-hydrogen) atoms. The van der Waals surface area contributed by atoms with Crippen LogP contribution in [0.5, 0.6) is 0 Å². The van der Waals surface area contributed by atoms with Gasteiger partial charge in [0.1, 0.15) is 0 Å². The molecule has 0 aromatic carbocycles. The van der Waals surface area contributed by atoms with Gasteiger partial charge >= 0.3 is 0 Å². The molecule has 1 unspecified atom stereocenters. The van der Waals surface area contributed by atoms with Crippen molar-refractivity contribution < 1.29 is 0 Å². The van der Waals surface area contributed by atoms with Crippen molar-refractivity contribution in [2.75, 3.05) is 6.54 Å². The Balaban J connectivity index is 1.82. The highest BCUT2D eigenvalue weighted by Crippen LogP contribution is 2.49. The molecule has 1 aromatic rings. The number of nitrogens with zero attached hydrogens (tertiary/aromatic N) is 2. The van der Waals surface area contributed by atoms with Crippen LogP contribution in [0.15, 0.2) is 12.4 Å². The third-order valence-electron chi connectivity index (χ3n) is 3.75. The standard InChI is InChI=1S/C13H23N3/c1-4-5-13(6-7-13)10-14-11(2)12-8-15-16(3)9-12/h8-9,11,14H,4-7,10H2,1-3H3. The van der Waals surface area contributed by atoms with Crippen LogP contribution in [0.2, 0.25) is 0 Å². The maximum Gasteiger partial charge on any atom is 0.0537 e. The molecule has 1 saturated carbocycles. The van der Waals surface area contributed by atoms with E-state index in [4.69, 9.17) is 0 Å². The van der Waals surface area contributed by atoms with E-state index in [1.54, 1.807) is 0 Å². The van der Waals surface area contributed by atoms with Crippen molar-refractivity contribution in [1.29, 1.82) is 0 Å². The predicted octanol–water partition coefficient (Wildman–Crippen LogP) is 2.65. The van der Waals surface area contributed by atoms with Gasteiger partial charge in [0.15, 0.2) is 0 Å². The Labute approximate surface area is 98.2 Å². The first kappa shape index (κ1) is 11.6. The Bertz CT molecular complexity index is 339. The normalized spacial score (nSPS) is 19.7. The van der Waals surface area contributed by atoms with Crippen molar-refractivity contribution in [2.45, 2.75) is 45.6 Å². The molecule has 90 valence electrons. The highest BCUT2D eigenvalue weighted by atomic mass is 15.2. The van der Waals surface area contributed by atoms with E-state index in [0.29, 0.717) is 11.5 Å². The van der Waals surface area contributed by atoms with Crippen LogP contribution in [0.25, 0.3) is 0 Å². The predicted molar refractivity (Wildman–Crippen MR) is 66.2 cm³/mol. The summed E-state index contributed by atoms with van der Waals surface area (Å²) in [4.78, 5) is 0. The summed E-state index contributed by atoms with van der Waals surface area (Å²) >= 11 is 0. The van der Waals surface area contributed by atoms with E-state index in [1.165, 1.54) is 31.2 Å². The molecule has 1 heterocycles. The van der Waals surface area contributed by atoms with Crippen LogP contribution in [-0.2, 0) is 7.05 Å². The highest BCUT2D eigenvalue weighted by Gasteiger charge is 2.41. The molecule has 1 aliphatic rings. The van der Waals surface area contributed by atoms with Crippen molar-refractivity contribution in [3.8, 4) is 0 Å². The van der Waals surface area contributed by atoms with E-state index >= 15 is 0 Å². The molecule has 0 spiro atoms. The molecule has 1 N–H and O–H groups in total. The first-order valence-electron chi connectivity index (χ1n) is 6.37. The van der Waals surface area contributed by atoms with Crippen LogP contribution in [0.1, 0.15) is 51.1 Å². The summed E-state index contributed by atoms with van der Waals surface area (Å²) in [6.45, 7) is 5.67. The lowest BCUT2D eigenvalue weighted by atomic mass is 10.00. The summed E-state index contributed by atoms with van der Waals surface area (Å²) in [6, 6.07) is 0.419. The Hall–Kier alpha value is -0.830. The summed E-state index contributed by atoms with van der Waals surface area (Å²) in [5.41, 5.74) is 1.92. The molecule has 1 atom stereocenters. The molecule has 0 aliphatic heterocycles. The van der Waals surface area contributed by atoms with Crippen molar-refractivity contribution in [1.82, 2.24) is 15.1 Å². The van der Waals surface area contributed by atoms with Gasteiger partial charge in [-0.3, -0.25) is 4.68 Å². The monoisotopic (exact) mass is 221 g/mol. The van der Waals surface area contributed by atoms with Gasteiger partial charge in [0, 0.05) is 31.4 Å². The van der Waals surface area contributed by atoms with Crippen LogP contribution in [0.4, 0.5) is 0 Å². The Morgan fingerprint density at radius 3 is 2.81 bits per heavy atom. The molecule has 0 saturated heterocycles. The topological polar surface area (TPSA) is 29.9 Å². The second-order valence-corrected chi connectivity index (χ2v) is 5.30.